The molecule has 1 aromatic rings. The molecule has 2 unspecified atom stereocenters. The van der Waals surface area contributed by atoms with Crippen LogP contribution in [0.1, 0.15) is 5.56 Å². The predicted molar refractivity (Wildman–Crippen MR) is 58.6 cm³/mol. The van der Waals surface area contributed by atoms with Gasteiger partial charge in [-0.15, -0.1) is 0 Å². The van der Waals surface area contributed by atoms with Crippen LogP contribution < -0.4 is 10.6 Å². The molecule has 1 aliphatic heterocycles. The van der Waals surface area contributed by atoms with E-state index in [1.165, 1.54) is 4.90 Å². The van der Waals surface area contributed by atoms with Crippen molar-refractivity contribution in [3.05, 3.63) is 29.8 Å². The Hall–Kier alpha value is -1.68. The molecule has 1 aliphatic carbocycles. The Bertz CT molecular complexity index is 476. The zero-order valence-corrected chi connectivity index (χ0v) is 8.88. The monoisotopic (exact) mass is 216 g/mol. The second-order valence-corrected chi connectivity index (χ2v) is 4.48. The Morgan fingerprint density at radius 1 is 1.19 bits per heavy atom. The maximum absolute atomic E-state index is 11.9. The van der Waals surface area contributed by atoms with Crippen LogP contribution in [0.5, 0.6) is 0 Å². The first-order chi connectivity index (χ1) is 7.61. The summed E-state index contributed by atoms with van der Waals surface area (Å²) >= 11 is 0. The summed E-state index contributed by atoms with van der Waals surface area (Å²) in [6.07, 6.45) is 0. The number of imide groups is 1. The largest absolute Gasteiger partial charge is 0.326 e. The second-order valence-electron chi connectivity index (χ2n) is 4.48. The predicted octanol–water partition coefficient (Wildman–Crippen LogP) is 0.442. The van der Waals surface area contributed by atoms with Gasteiger partial charge in [-0.05, 0) is 24.6 Å². The molecule has 82 valence electrons. The molecule has 0 aromatic heterocycles. The third kappa shape index (κ3) is 1.08. The lowest BCUT2D eigenvalue weighted by Gasteiger charge is -2.17. The molecule has 1 aromatic carbocycles. The van der Waals surface area contributed by atoms with E-state index in [0.29, 0.717) is 5.69 Å². The molecule has 0 bridgehead atoms. The minimum absolute atomic E-state index is 0.145. The molecule has 4 nitrogen and oxygen atoms in total. The lowest BCUT2D eigenvalue weighted by atomic mass is 10.2. The van der Waals surface area contributed by atoms with Gasteiger partial charge in [0.05, 0.1) is 17.5 Å². The molecule has 16 heavy (non-hydrogen) atoms. The number of piperidine rings is 1. The zero-order valence-electron chi connectivity index (χ0n) is 8.88. The van der Waals surface area contributed by atoms with Crippen molar-refractivity contribution in [2.75, 3.05) is 4.90 Å². The smallest absolute Gasteiger partial charge is 0.239 e. The number of nitrogens with two attached hydrogens (primary N) is 1. The maximum Gasteiger partial charge on any atom is 0.239 e. The minimum atomic E-state index is -0.270. The second kappa shape index (κ2) is 2.92. The molecule has 2 atom stereocenters. The Kier molecular flexibility index (Phi) is 1.74. The lowest BCUT2D eigenvalue weighted by molar-refractivity contribution is -0.123. The van der Waals surface area contributed by atoms with E-state index >= 15 is 0 Å². The van der Waals surface area contributed by atoms with Gasteiger partial charge < -0.3 is 5.73 Å². The highest BCUT2D eigenvalue weighted by Crippen LogP contribution is 2.47. The van der Waals surface area contributed by atoms with Crippen LogP contribution in [-0.2, 0) is 9.59 Å². The Balaban J connectivity index is 1.98. The molecule has 0 spiro atoms. The van der Waals surface area contributed by atoms with Gasteiger partial charge in [0.2, 0.25) is 11.8 Å². The van der Waals surface area contributed by atoms with E-state index in [1.807, 2.05) is 25.1 Å². The number of benzene rings is 1. The van der Waals surface area contributed by atoms with Crippen LogP contribution >= 0.6 is 0 Å². The van der Waals surface area contributed by atoms with Gasteiger partial charge in [0.1, 0.15) is 0 Å². The number of nitrogens with zero attached hydrogens (tertiary/aromatic N) is 1. The van der Waals surface area contributed by atoms with Gasteiger partial charge in [-0.1, -0.05) is 12.1 Å². The molecular formula is C12H12N2O2. The normalized spacial score (nSPS) is 31.9. The zero-order chi connectivity index (χ0) is 11.4. The van der Waals surface area contributed by atoms with Crippen molar-refractivity contribution in [2.45, 2.75) is 13.0 Å². The number of fused-ring (bicyclic) bond motifs is 1. The molecule has 1 saturated carbocycles. The van der Waals surface area contributed by atoms with Gasteiger partial charge in [-0.3, -0.25) is 9.59 Å². The van der Waals surface area contributed by atoms with E-state index in [-0.39, 0.29) is 29.7 Å². The van der Waals surface area contributed by atoms with Crippen molar-refractivity contribution in [1.29, 1.82) is 0 Å². The number of amides is 2. The van der Waals surface area contributed by atoms with E-state index < -0.39 is 0 Å². The molecule has 1 heterocycles. The maximum atomic E-state index is 11.9. The number of hydrogen-bond acceptors (Lipinski definition) is 3. The van der Waals surface area contributed by atoms with Gasteiger partial charge in [-0.25, -0.2) is 4.90 Å². The summed E-state index contributed by atoms with van der Waals surface area (Å²) in [5.41, 5.74) is 7.35. The van der Waals surface area contributed by atoms with Crippen LogP contribution in [0, 0.1) is 18.8 Å². The number of carbonyl (C=O) groups is 2. The number of anilines is 1. The van der Waals surface area contributed by atoms with Gasteiger partial charge in [0, 0.05) is 6.04 Å². The van der Waals surface area contributed by atoms with Gasteiger partial charge in [-0.2, -0.15) is 0 Å². The van der Waals surface area contributed by atoms with Crippen molar-refractivity contribution in [2.24, 2.45) is 17.6 Å². The van der Waals surface area contributed by atoms with Crippen molar-refractivity contribution in [1.82, 2.24) is 0 Å². The number of rotatable bonds is 1. The third-order valence-corrected chi connectivity index (χ3v) is 3.35. The highest BCUT2D eigenvalue weighted by molar-refractivity contribution is 6.25. The SMILES string of the molecule is Cc1cccc(N2C(=O)C3C(N)C3C2=O)c1. The first-order valence-electron chi connectivity index (χ1n) is 5.31. The summed E-state index contributed by atoms with van der Waals surface area (Å²) in [4.78, 5) is 25.1. The van der Waals surface area contributed by atoms with E-state index in [4.69, 9.17) is 5.73 Å². The van der Waals surface area contributed by atoms with Crippen LogP contribution in [0.3, 0.4) is 0 Å². The molecule has 2 amide bonds. The molecular weight excluding hydrogens is 204 g/mol. The van der Waals surface area contributed by atoms with Crippen LogP contribution in [-0.4, -0.2) is 17.9 Å². The number of carbonyl (C=O) groups excluding carboxylic acids is 2. The third-order valence-electron chi connectivity index (χ3n) is 3.35. The van der Waals surface area contributed by atoms with Crippen LogP contribution in [0.4, 0.5) is 5.69 Å². The topological polar surface area (TPSA) is 63.4 Å². The molecule has 3 rings (SSSR count). The quantitative estimate of drug-likeness (QED) is 0.693. The summed E-state index contributed by atoms with van der Waals surface area (Å²) < 4.78 is 0. The fourth-order valence-corrected chi connectivity index (χ4v) is 2.40. The average Bonchev–Trinajstić information content (AvgIpc) is 2.81. The first-order valence-corrected chi connectivity index (χ1v) is 5.31. The first kappa shape index (κ1) is 9.54. The van der Waals surface area contributed by atoms with E-state index in [2.05, 4.69) is 0 Å². The summed E-state index contributed by atoms with van der Waals surface area (Å²) in [5, 5.41) is 0. The number of aryl methyl sites for hydroxylation is 1. The highest BCUT2D eigenvalue weighted by Gasteiger charge is 2.66. The van der Waals surface area contributed by atoms with Crippen LogP contribution in [0.25, 0.3) is 0 Å². The highest BCUT2D eigenvalue weighted by atomic mass is 16.2. The molecule has 2 fully saturated rings. The van der Waals surface area contributed by atoms with Crippen LogP contribution in [0.2, 0.25) is 0 Å². The Labute approximate surface area is 93.0 Å². The summed E-state index contributed by atoms with van der Waals surface area (Å²) in [5.74, 6) is -0.831. The molecule has 2 N–H and O–H groups in total. The van der Waals surface area contributed by atoms with Gasteiger partial charge in [0.25, 0.3) is 0 Å². The molecule has 0 radical (unpaired) electrons. The van der Waals surface area contributed by atoms with Crippen molar-refractivity contribution in [3.8, 4) is 0 Å². The van der Waals surface area contributed by atoms with Crippen molar-refractivity contribution < 1.29 is 9.59 Å². The average molecular weight is 216 g/mol. The van der Waals surface area contributed by atoms with Gasteiger partial charge >= 0.3 is 0 Å². The fourth-order valence-electron chi connectivity index (χ4n) is 2.40. The Morgan fingerprint density at radius 2 is 1.81 bits per heavy atom. The molecule has 2 aliphatic rings. The fraction of sp³-hybridized carbons (Fsp3) is 0.333. The Morgan fingerprint density at radius 3 is 2.38 bits per heavy atom. The standard InChI is InChI=1S/C12H12N2O2/c1-6-3-2-4-7(5-6)14-11(15)8-9(10(8)13)12(14)16/h2-5,8-10H,13H2,1H3. The van der Waals surface area contributed by atoms with Crippen molar-refractivity contribution >= 4 is 17.5 Å². The van der Waals surface area contributed by atoms with E-state index in [9.17, 15) is 9.59 Å². The minimum Gasteiger partial charge on any atom is -0.326 e. The van der Waals surface area contributed by atoms with E-state index in [1.54, 1.807) is 6.07 Å². The van der Waals surface area contributed by atoms with Gasteiger partial charge in [0.15, 0.2) is 0 Å². The van der Waals surface area contributed by atoms with Crippen LogP contribution in [0.15, 0.2) is 24.3 Å². The summed E-state index contributed by atoms with van der Waals surface area (Å²) in [6, 6.07) is 7.14. The lowest BCUT2D eigenvalue weighted by Crippen LogP contribution is -2.37. The van der Waals surface area contributed by atoms with Crippen molar-refractivity contribution in [3.63, 3.8) is 0 Å². The summed E-state index contributed by atoms with van der Waals surface area (Å²) in [6.45, 7) is 1.93. The van der Waals surface area contributed by atoms with E-state index in [0.717, 1.165) is 5.56 Å². The molecule has 4 heteroatoms. The summed E-state index contributed by atoms with van der Waals surface area (Å²) in [7, 11) is 0. The number of hydrogen-bond donors (Lipinski definition) is 1. The molecule has 1 saturated heterocycles.